The van der Waals surface area contributed by atoms with Gasteiger partial charge in [-0.15, -0.1) is 0 Å². The van der Waals surface area contributed by atoms with Crippen LogP contribution in [-0.4, -0.2) is 47.8 Å². The first-order valence-electron chi connectivity index (χ1n) is 6.64. The summed E-state index contributed by atoms with van der Waals surface area (Å²) in [6, 6.07) is 1.51. The van der Waals surface area contributed by atoms with Gasteiger partial charge >= 0.3 is 6.18 Å². The van der Waals surface area contributed by atoms with Crippen LogP contribution in [0.3, 0.4) is 0 Å². The lowest BCUT2D eigenvalue weighted by molar-refractivity contribution is -0.138. The van der Waals surface area contributed by atoms with Crippen molar-refractivity contribution in [3.05, 3.63) is 35.1 Å². The van der Waals surface area contributed by atoms with Crippen LogP contribution in [0.4, 0.5) is 17.6 Å². The normalized spacial score (nSPS) is 22.7. The molecule has 1 fully saturated rings. The van der Waals surface area contributed by atoms with Gasteiger partial charge in [0.25, 0.3) is 5.91 Å². The maximum absolute atomic E-state index is 13.1. The van der Waals surface area contributed by atoms with Crippen molar-refractivity contribution < 1.29 is 32.2 Å². The fourth-order valence-corrected chi connectivity index (χ4v) is 2.30. The summed E-state index contributed by atoms with van der Waals surface area (Å²) in [5.74, 6) is -1.92. The largest absolute Gasteiger partial charge is 0.417 e. The molecule has 1 saturated heterocycles. The highest BCUT2D eigenvalue weighted by atomic mass is 19.4. The van der Waals surface area contributed by atoms with E-state index in [2.05, 4.69) is 0 Å². The van der Waals surface area contributed by atoms with Gasteiger partial charge in [0, 0.05) is 6.54 Å². The Hall–Kier alpha value is -1.67. The second-order valence-corrected chi connectivity index (χ2v) is 5.13. The first kappa shape index (κ1) is 16.7. The Morgan fingerprint density at radius 2 is 2.14 bits per heavy atom. The number of carbonyl (C=O) groups is 1. The highest BCUT2D eigenvalue weighted by Crippen LogP contribution is 2.33. The average molecular weight is 321 g/mol. The van der Waals surface area contributed by atoms with Gasteiger partial charge in [0.1, 0.15) is 5.82 Å². The highest BCUT2D eigenvalue weighted by molar-refractivity contribution is 5.96. The SMILES string of the molecule is C[C@H]1CO[C@@H](CO)CN1C(=O)c1ccc(F)cc1C(F)(F)F. The molecule has 122 valence electrons. The lowest BCUT2D eigenvalue weighted by atomic mass is 10.0. The fourth-order valence-electron chi connectivity index (χ4n) is 2.30. The van der Waals surface area contributed by atoms with Crippen LogP contribution >= 0.6 is 0 Å². The third-order valence-corrected chi connectivity index (χ3v) is 3.49. The number of aliphatic hydroxyl groups is 1. The summed E-state index contributed by atoms with van der Waals surface area (Å²) >= 11 is 0. The predicted molar refractivity (Wildman–Crippen MR) is 68.7 cm³/mol. The lowest BCUT2D eigenvalue weighted by Gasteiger charge is -2.37. The fraction of sp³-hybridized carbons (Fsp3) is 0.500. The van der Waals surface area contributed by atoms with Gasteiger partial charge in [0.05, 0.1) is 36.5 Å². The van der Waals surface area contributed by atoms with E-state index in [0.29, 0.717) is 6.07 Å². The van der Waals surface area contributed by atoms with E-state index in [9.17, 15) is 22.4 Å². The van der Waals surface area contributed by atoms with Crippen molar-refractivity contribution in [2.75, 3.05) is 19.8 Å². The molecule has 2 rings (SSSR count). The molecule has 0 spiro atoms. The molecule has 0 saturated carbocycles. The molecule has 0 radical (unpaired) electrons. The quantitative estimate of drug-likeness (QED) is 0.849. The molecule has 4 nitrogen and oxygen atoms in total. The van der Waals surface area contributed by atoms with Gasteiger partial charge in [-0.1, -0.05) is 0 Å². The Labute approximate surface area is 124 Å². The third-order valence-electron chi connectivity index (χ3n) is 3.49. The van der Waals surface area contributed by atoms with Crippen molar-refractivity contribution in [2.45, 2.75) is 25.2 Å². The van der Waals surface area contributed by atoms with Crippen LogP contribution in [0, 0.1) is 5.82 Å². The Balaban J connectivity index is 2.36. The number of hydrogen-bond donors (Lipinski definition) is 1. The lowest BCUT2D eigenvalue weighted by Crippen LogP contribution is -2.52. The van der Waals surface area contributed by atoms with E-state index in [0.717, 1.165) is 12.1 Å². The van der Waals surface area contributed by atoms with Crippen molar-refractivity contribution in [3.63, 3.8) is 0 Å². The van der Waals surface area contributed by atoms with E-state index in [1.54, 1.807) is 6.92 Å². The van der Waals surface area contributed by atoms with Gasteiger partial charge in [-0.3, -0.25) is 4.79 Å². The first-order valence-corrected chi connectivity index (χ1v) is 6.64. The zero-order chi connectivity index (χ0) is 16.5. The van der Waals surface area contributed by atoms with Gasteiger partial charge in [0.2, 0.25) is 0 Å². The number of halogens is 4. The van der Waals surface area contributed by atoms with Crippen LogP contribution in [0.2, 0.25) is 0 Å². The van der Waals surface area contributed by atoms with E-state index < -0.39 is 41.2 Å². The van der Waals surface area contributed by atoms with Crippen LogP contribution in [0.1, 0.15) is 22.8 Å². The number of morpholine rings is 1. The molecule has 8 heteroatoms. The number of rotatable bonds is 2. The van der Waals surface area contributed by atoms with Gasteiger partial charge in [-0.25, -0.2) is 4.39 Å². The van der Waals surface area contributed by atoms with E-state index in [1.165, 1.54) is 4.90 Å². The molecule has 0 unspecified atom stereocenters. The van der Waals surface area contributed by atoms with Crippen LogP contribution in [0.5, 0.6) is 0 Å². The maximum Gasteiger partial charge on any atom is 0.417 e. The van der Waals surface area contributed by atoms with E-state index in [4.69, 9.17) is 9.84 Å². The first-order chi connectivity index (χ1) is 10.2. The van der Waals surface area contributed by atoms with Crippen molar-refractivity contribution >= 4 is 5.91 Å². The van der Waals surface area contributed by atoms with Crippen LogP contribution in [-0.2, 0) is 10.9 Å². The number of hydrogen-bond acceptors (Lipinski definition) is 3. The van der Waals surface area contributed by atoms with Crippen LogP contribution < -0.4 is 0 Å². The minimum atomic E-state index is -4.83. The van der Waals surface area contributed by atoms with Crippen molar-refractivity contribution in [3.8, 4) is 0 Å². The summed E-state index contributed by atoms with van der Waals surface area (Å²) in [6.45, 7) is 1.37. The van der Waals surface area contributed by atoms with Crippen molar-refractivity contribution in [1.82, 2.24) is 4.90 Å². The van der Waals surface area contributed by atoms with Gasteiger partial charge in [-0.05, 0) is 25.1 Å². The number of aliphatic hydroxyl groups excluding tert-OH is 1. The van der Waals surface area contributed by atoms with Gasteiger partial charge in [-0.2, -0.15) is 13.2 Å². The zero-order valence-corrected chi connectivity index (χ0v) is 11.7. The molecule has 1 aromatic carbocycles. The monoisotopic (exact) mass is 321 g/mol. The molecule has 0 bridgehead atoms. The topological polar surface area (TPSA) is 49.8 Å². The van der Waals surface area contributed by atoms with Crippen molar-refractivity contribution in [2.24, 2.45) is 0 Å². The third kappa shape index (κ3) is 3.38. The summed E-state index contributed by atoms with van der Waals surface area (Å²) in [6.07, 6.45) is -5.48. The number of carbonyl (C=O) groups excluding carboxylic acids is 1. The van der Waals surface area contributed by atoms with E-state index >= 15 is 0 Å². The molecule has 0 aliphatic carbocycles. The number of ether oxygens (including phenoxy) is 1. The summed E-state index contributed by atoms with van der Waals surface area (Å²) in [7, 11) is 0. The average Bonchev–Trinajstić information content (AvgIpc) is 2.46. The summed E-state index contributed by atoms with van der Waals surface area (Å²) in [5.41, 5.74) is -1.92. The number of benzene rings is 1. The minimum Gasteiger partial charge on any atom is -0.394 e. The summed E-state index contributed by atoms with van der Waals surface area (Å²) in [5, 5.41) is 9.08. The Morgan fingerprint density at radius 1 is 1.45 bits per heavy atom. The number of nitrogens with zero attached hydrogens (tertiary/aromatic N) is 1. The Bertz CT molecular complexity index is 562. The smallest absolute Gasteiger partial charge is 0.394 e. The summed E-state index contributed by atoms with van der Waals surface area (Å²) in [4.78, 5) is 13.6. The standard InChI is InChI=1S/C14H15F4NO3/c1-8-7-22-10(6-20)5-19(8)13(21)11-3-2-9(15)4-12(11)14(16,17)18/h2-4,8,10,20H,5-7H2,1H3/t8-,10+/m0/s1. The zero-order valence-electron chi connectivity index (χ0n) is 11.7. The molecular formula is C14H15F4NO3. The van der Waals surface area contributed by atoms with Gasteiger partial charge < -0.3 is 14.7 Å². The molecule has 0 aromatic heterocycles. The second-order valence-electron chi connectivity index (χ2n) is 5.13. The van der Waals surface area contributed by atoms with Crippen molar-refractivity contribution in [1.29, 1.82) is 0 Å². The van der Waals surface area contributed by atoms with E-state index in [1.807, 2.05) is 0 Å². The number of alkyl halides is 3. The molecule has 1 aliphatic rings. The second kappa shape index (κ2) is 6.21. The summed E-state index contributed by atoms with van der Waals surface area (Å²) < 4.78 is 57.3. The van der Waals surface area contributed by atoms with Crippen LogP contribution in [0.15, 0.2) is 18.2 Å². The highest BCUT2D eigenvalue weighted by Gasteiger charge is 2.38. The predicted octanol–water partition coefficient (Wildman–Crippen LogP) is 2.07. The molecule has 2 atom stereocenters. The molecule has 1 heterocycles. The molecule has 1 aliphatic heterocycles. The number of amides is 1. The molecule has 1 N–H and O–H groups in total. The molecular weight excluding hydrogens is 306 g/mol. The molecule has 22 heavy (non-hydrogen) atoms. The Kier molecular flexibility index (Phi) is 4.72. The Morgan fingerprint density at radius 3 is 2.73 bits per heavy atom. The molecule has 1 amide bonds. The van der Waals surface area contributed by atoms with Crippen LogP contribution in [0.25, 0.3) is 0 Å². The maximum atomic E-state index is 13.1. The van der Waals surface area contributed by atoms with E-state index in [-0.39, 0.29) is 19.8 Å². The molecule has 1 aromatic rings. The van der Waals surface area contributed by atoms with Gasteiger partial charge in [0.15, 0.2) is 0 Å². The minimum absolute atomic E-state index is 0.0226.